The van der Waals surface area contributed by atoms with Crippen molar-refractivity contribution in [2.24, 2.45) is 5.73 Å². The van der Waals surface area contributed by atoms with E-state index < -0.39 is 0 Å². The minimum absolute atomic E-state index is 0.142. The lowest BCUT2D eigenvalue weighted by atomic mass is 10.1. The summed E-state index contributed by atoms with van der Waals surface area (Å²) in [6.07, 6.45) is 0. The molecular weight excluding hydrogens is 266 g/mol. The van der Waals surface area contributed by atoms with Gasteiger partial charge in [0.2, 0.25) is 0 Å². The summed E-state index contributed by atoms with van der Waals surface area (Å²) in [5.41, 5.74) is 7.18. The first-order chi connectivity index (χ1) is 9.96. The van der Waals surface area contributed by atoms with E-state index in [1.807, 2.05) is 39.0 Å². The van der Waals surface area contributed by atoms with Gasteiger partial charge in [0.15, 0.2) is 0 Å². The van der Waals surface area contributed by atoms with Gasteiger partial charge in [-0.25, -0.2) is 0 Å². The smallest absolute Gasteiger partial charge is 0.119 e. The SMILES string of the molecule is COc1ccc(C#CCN)c(COCCOC(C)(C)C)c1. The summed E-state index contributed by atoms with van der Waals surface area (Å²) in [5.74, 6) is 6.70. The zero-order valence-corrected chi connectivity index (χ0v) is 13.4. The maximum atomic E-state index is 5.66. The van der Waals surface area contributed by atoms with E-state index in [-0.39, 0.29) is 5.60 Å². The molecule has 0 aliphatic heterocycles. The molecule has 0 aromatic heterocycles. The van der Waals surface area contributed by atoms with Crippen LogP contribution in [0.5, 0.6) is 5.75 Å². The van der Waals surface area contributed by atoms with Gasteiger partial charge >= 0.3 is 0 Å². The Bertz CT molecular complexity index is 495. The average Bonchev–Trinajstić information content (AvgIpc) is 2.44. The predicted octanol–water partition coefficient (Wildman–Crippen LogP) is 2.34. The Kier molecular flexibility index (Phi) is 7.24. The van der Waals surface area contributed by atoms with Crippen LogP contribution in [0.3, 0.4) is 0 Å². The molecule has 0 aliphatic rings. The normalized spacial score (nSPS) is 10.9. The Labute approximate surface area is 127 Å². The van der Waals surface area contributed by atoms with Crippen LogP contribution in [-0.4, -0.2) is 32.5 Å². The van der Waals surface area contributed by atoms with Crippen molar-refractivity contribution < 1.29 is 14.2 Å². The van der Waals surface area contributed by atoms with Crippen molar-refractivity contribution in [1.29, 1.82) is 0 Å². The number of hydrogen-bond acceptors (Lipinski definition) is 4. The number of benzene rings is 1. The largest absolute Gasteiger partial charge is 0.497 e. The molecule has 0 bridgehead atoms. The zero-order valence-electron chi connectivity index (χ0n) is 13.4. The maximum absolute atomic E-state index is 5.66. The second kappa shape index (κ2) is 8.68. The quantitative estimate of drug-likeness (QED) is 0.645. The molecule has 0 heterocycles. The van der Waals surface area contributed by atoms with Crippen molar-refractivity contribution in [2.75, 3.05) is 26.9 Å². The first kappa shape index (κ1) is 17.5. The Morgan fingerprint density at radius 3 is 2.57 bits per heavy atom. The van der Waals surface area contributed by atoms with Crippen molar-refractivity contribution >= 4 is 0 Å². The summed E-state index contributed by atoms with van der Waals surface area (Å²) in [6, 6.07) is 5.74. The highest BCUT2D eigenvalue weighted by molar-refractivity contribution is 5.45. The maximum Gasteiger partial charge on any atom is 0.119 e. The van der Waals surface area contributed by atoms with Crippen LogP contribution in [0.1, 0.15) is 31.9 Å². The molecule has 1 rings (SSSR count). The summed E-state index contributed by atoms with van der Waals surface area (Å²) in [7, 11) is 1.64. The lowest BCUT2D eigenvalue weighted by Crippen LogP contribution is -2.21. The van der Waals surface area contributed by atoms with Gasteiger partial charge in [0.1, 0.15) is 5.75 Å². The van der Waals surface area contributed by atoms with Crippen LogP contribution in [-0.2, 0) is 16.1 Å². The zero-order chi connectivity index (χ0) is 15.7. The number of nitrogens with two attached hydrogens (primary N) is 1. The van der Waals surface area contributed by atoms with E-state index in [1.165, 1.54) is 0 Å². The Morgan fingerprint density at radius 2 is 1.95 bits per heavy atom. The van der Waals surface area contributed by atoms with E-state index in [4.69, 9.17) is 19.9 Å². The molecule has 0 unspecified atom stereocenters. The molecule has 0 spiro atoms. The van der Waals surface area contributed by atoms with E-state index >= 15 is 0 Å². The van der Waals surface area contributed by atoms with Gasteiger partial charge in [-0.15, -0.1) is 0 Å². The molecule has 0 radical (unpaired) electrons. The molecule has 0 atom stereocenters. The number of methoxy groups -OCH3 is 1. The molecule has 1 aromatic carbocycles. The fourth-order valence-electron chi connectivity index (χ4n) is 1.67. The van der Waals surface area contributed by atoms with Gasteiger partial charge in [0, 0.05) is 5.56 Å². The lowest BCUT2D eigenvalue weighted by Gasteiger charge is -2.19. The first-order valence-corrected chi connectivity index (χ1v) is 7.04. The summed E-state index contributed by atoms with van der Waals surface area (Å²) in [5, 5.41) is 0. The molecule has 21 heavy (non-hydrogen) atoms. The third-order valence-corrected chi connectivity index (χ3v) is 2.66. The van der Waals surface area contributed by atoms with Crippen molar-refractivity contribution in [3.63, 3.8) is 0 Å². The van der Waals surface area contributed by atoms with E-state index in [0.29, 0.717) is 26.4 Å². The highest BCUT2D eigenvalue weighted by atomic mass is 16.5. The van der Waals surface area contributed by atoms with Crippen LogP contribution in [0.25, 0.3) is 0 Å². The number of rotatable bonds is 6. The molecule has 2 N–H and O–H groups in total. The van der Waals surface area contributed by atoms with Crippen LogP contribution >= 0.6 is 0 Å². The summed E-state index contributed by atoms with van der Waals surface area (Å²) < 4.78 is 16.5. The van der Waals surface area contributed by atoms with Crippen LogP contribution in [0.4, 0.5) is 0 Å². The van der Waals surface area contributed by atoms with Gasteiger partial charge in [-0.1, -0.05) is 11.8 Å². The minimum atomic E-state index is -0.142. The molecule has 0 aliphatic carbocycles. The molecule has 0 amide bonds. The van der Waals surface area contributed by atoms with Gasteiger partial charge in [0.25, 0.3) is 0 Å². The van der Waals surface area contributed by atoms with E-state index in [1.54, 1.807) is 7.11 Å². The monoisotopic (exact) mass is 291 g/mol. The molecule has 4 nitrogen and oxygen atoms in total. The van der Waals surface area contributed by atoms with Gasteiger partial charge in [0.05, 0.1) is 39.1 Å². The van der Waals surface area contributed by atoms with Crippen LogP contribution in [0.2, 0.25) is 0 Å². The Balaban J connectivity index is 2.59. The number of hydrogen-bond donors (Lipinski definition) is 1. The van der Waals surface area contributed by atoms with Crippen LogP contribution < -0.4 is 10.5 Å². The Hall–Kier alpha value is -1.54. The lowest BCUT2D eigenvalue weighted by molar-refractivity contribution is -0.0377. The topological polar surface area (TPSA) is 53.7 Å². The summed E-state index contributed by atoms with van der Waals surface area (Å²) >= 11 is 0. The van der Waals surface area contributed by atoms with Crippen molar-refractivity contribution in [1.82, 2.24) is 0 Å². The molecule has 1 aromatic rings. The molecule has 4 heteroatoms. The third kappa shape index (κ3) is 7.14. The average molecular weight is 291 g/mol. The van der Waals surface area contributed by atoms with Gasteiger partial charge in [-0.2, -0.15) is 0 Å². The minimum Gasteiger partial charge on any atom is -0.497 e. The fraction of sp³-hybridized carbons (Fsp3) is 0.529. The standard InChI is InChI=1S/C17H25NO3/c1-17(2,3)21-11-10-20-13-15-12-16(19-4)8-7-14(15)6-5-9-18/h7-8,12H,9-11,13,18H2,1-4H3. The molecule has 0 saturated heterocycles. The molecule has 116 valence electrons. The second-order valence-electron chi connectivity index (χ2n) is 5.54. The molecule has 0 saturated carbocycles. The van der Waals surface area contributed by atoms with Crippen molar-refractivity contribution in [3.05, 3.63) is 29.3 Å². The van der Waals surface area contributed by atoms with Crippen LogP contribution in [0.15, 0.2) is 18.2 Å². The first-order valence-electron chi connectivity index (χ1n) is 7.04. The fourth-order valence-corrected chi connectivity index (χ4v) is 1.67. The van der Waals surface area contributed by atoms with Crippen molar-refractivity contribution in [3.8, 4) is 17.6 Å². The summed E-state index contributed by atoms with van der Waals surface area (Å²) in [4.78, 5) is 0. The van der Waals surface area contributed by atoms with Gasteiger partial charge in [-0.3, -0.25) is 0 Å². The predicted molar refractivity (Wildman–Crippen MR) is 84.3 cm³/mol. The van der Waals surface area contributed by atoms with E-state index in [2.05, 4.69) is 11.8 Å². The third-order valence-electron chi connectivity index (χ3n) is 2.66. The highest BCUT2D eigenvalue weighted by Gasteiger charge is 2.09. The summed E-state index contributed by atoms with van der Waals surface area (Å²) in [6.45, 7) is 7.99. The van der Waals surface area contributed by atoms with E-state index in [9.17, 15) is 0 Å². The van der Waals surface area contributed by atoms with Gasteiger partial charge < -0.3 is 19.9 Å². The van der Waals surface area contributed by atoms with Crippen LogP contribution in [0, 0.1) is 11.8 Å². The molecular formula is C17H25NO3. The van der Waals surface area contributed by atoms with Crippen molar-refractivity contribution in [2.45, 2.75) is 33.0 Å². The van der Waals surface area contributed by atoms with Gasteiger partial charge in [-0.05, 0) is 44.5 Å². The van der Waals surface area contributed by atoms with E-state index in [0.717, 1.165) is 16.9 Å². The Morgan fingerprint density at radius 1 is 1.19 bits per heavy atom. The number of ether oxygens (including phenoxy) is 3. The highest BCUT2D eigenvalue weighted by Crippen LogP contribution is 2.18. The molecule has 0 fully saturated rings. The second-order valence-corrected chi connectivity index (χ2v) is 5.54.